The van der Waals surface area contributed by atoms with Crippen LogP contribution in [0.4, 0.5) is 11.4 Å². The number of aromatic nitrogens is 1. The summed E-state index contributed by atoms with van der Waals surface area (Å²) >= 11 is 5.55. The van der Waals surface area contributed by atoms with Crippen molar-refractivity contribution < 1.29 is 9.90 Å². The van der Waals surface area contributed by atoms with Crippen molar-refractivity contribution >= 4 is 40.3 Å². The molecule has 3 heterocycles. The van der Waals surface area contributed by atoms with E-state index in [0.717, 1.165) is 43.3 Å². The van der Waals surface area contributed by atoms with Crippen LogP contribution in [0.15, 0.2) is 47.7 Å². The number of hydrazone groups is 1. The van der Waals surface area contributed by atoms with Crippen molar-refractivity contribution in [3.8, 4) is 5.75 Å². The highest BCUT2D eigenvalue weighted by atomic mass is 32.1. The second kappa shape index (κ2) is 8.66. The number of thiocarbonyl (C=S) groups is 1. The summed E-state index contributed by atoms with van der Waals surface area (Å²) in [7, 11) is 0. The van der Waals surface area contributed by atoms with E-state index >= 15 is 0 Å². The van der Waals surface area contributed by atoms with E-state index < -0.39 is 0 Å². The summed E-state index contributed by atoms with van der Waals surface area (Å²) < 4.78 is 0. The molecular formula is C21H24N6O2S. The predicted molar refractivity (Wildman–Crippen MR) is 121 cm³/mol. The summed E-state index contributed by atoms with van der Waals surface area (Å²) in [5, 5.41) is 14.6. The Morgan fingerprint density at radius 3 is 2.57 bits per heavy atom. The number of carbonyl (C=O) groups excluding carboxylic acids is 1. The Morgan fingerprint density at radius 1 is 1.13 bits per heavy atom. The van der Waals surface area contributed by atoms with Crippen LogP contribution in [-0.2, 0) is 4.79 Å². The van der Waals surface area contributed by atoms with Gasteiger partial charge in [-0.3, -0.25) is 15.2 Å². The quantitative estimate of drug-likeness (QED) is 0.563. The van der Waals surface area contributed by atoms with Gasteiger partial charge >= 0.3 is 0 Å². The summed E-state index contributed by atoms with van der Waals surface area (Å²) in [4.78, 5) is 22.4. The van der Waals surface area contributed by atoms with E-state index in [4.69, 9.17) is 12.2 Å². The third-order valence-electron chi connectivity index (χ3n) is 5.37. The van der Waals surface area contributed by atoms with Crippen LogP contribution < -0.4 is 15.2 Å². The van der Waals surface area contributed by atoms with Gasteiger partial charge < -0.3 is 19.8 Å². The van der Waals surface area contributed by atoms with Gasteiger partial charge in [0.2, 0.25) is 5.91 Å². The van der Waals surface area contributed by atoms with Crippen molar-refractivity contribution in [2.75, 3.05) is 42.5 Å². The number of pyridine rings is 1. The molecule has 1 aromatic carbocycles. The number of anilines is 2. The van der Waals surface area contributed by atoms with E-state index in [1.54, 1.807) is 30.2 Å². The lowest BCUT2D eigenvalue weighted by Gasteiger charge is -2.37. The molecule has 0 spiro atoms. The van der Waals surface area contributed by atoms with E-state index in [9.17, 15) is 9.90 Å². The van der Waals surface area contributed by atoms with Crippen LogP contribution in [0.5, 0.6) is 5.75 Å². The van der Waals surface area contributed by atoms with Gasteiger partial charge in [-0.2, -0.15) is 5.10 Å². The zero-order valence-corrected chi connectivity index (χ0v) is 17.6. The van der Waals surface area contributed by atoms with Crippen LogP contribution in [0.2, 0.25) is 0 Å². The second-order valence-electron chi connectivity index (χ2n) is 7.26. The van der Waals surface area contributed by atoms with E-state index in [0.29, 0.717) is 23.8 Å². The van der Waals surface area contributed by atoms with E-state index in [-0.39, 0.29) is 11.7 Å². The molecular weight excluding hydrogens is 400 g/mol. The van der Waals surface area contributed by atoms with E-state index in [2.05, 4.69) is 25.3 Å². The normalized spacial score (nSPS) is 17.6. The van der Waals surface area contributed by atoms with Gasteiger partial charge in [0.1, 0.15) is 11.4 Å². The maximum absolute atomic E-state index is 11.9. The van der Waals surface area contributed by atoms with Crippen LogP contribution in [0.25, 0.3) is 0 Å². The minimum Gasteiger partial charge on any atom is -0.508 e. The summed E-state index contributed by atoms with van der Waals surface area (Å²) in [6.07, 6.45) is 2.33. The number of phenols is 1. The molecule has 2 N–H and O–H groups in total. The van der Waals surface area contributed by atoms with Crippen LogP contribution >= 0.6 is 12.2 Å². The number of nitrogens with zero attached hydrogens (tertiary/aromatic N) is 5. The number of rotatable bonds is 2. The molecule has 0 aliphatic carbocycles. The van der Waals surface area contributed by atoms with Crippen LogP contribution in [0.3, 0.4) is 0 Å². The van der Waals surface area contributed by atoms with E-state index in [1.807, 2.05) is 24.3 Å². The lowest BCUT2D eigenvalue weighted by Crippen LogP contribution is -2.51. The molecule has 8 nitrogen and oxygen atoms in total. The highest BCUT2D eigenvalue weighted by molar-refractivity contribution is 7.80. The van der Waals surface area contributed by atoms with Crippen LogP contribution in [0.1, 0.15) is 19.0 Å². The van der Waals surface area contributed by atoms with Gasteiger partial charge in [-0.15, -0.1) is 0 Å². The first-order valence-electron chi connectivity index (χ1n) is 9.92. The number of hydrogen-bond acceptors (Lipinski definition) is 6. The Kier molecular flexibility index (Phi) is 5.80. The van der Waals surface area contributed by atoms with E-state index in [1.165, 1.54) is 0 Å². The fourth-order valence-corrected chi connectivity index (χ4v) is 3.97. The van der Waals surface area contributed by atoms with Crippen molar-refractivity contribution in [3.63, 3.8) is 0 Å². The molecule has 1 saturated heterocycles. The average Bonchev–Trinajstić information content (AvgIpc) is 2.77. The molecule has 0 atom stereocenters. The smallest absolute Gasteiger partial charge is 0.223 e. The van der Waals surface area contributed by atoms with Crippen molar-refractivity contribution in [1.82, 2.24) is 15.3 Å². The van der Waals surface area contributed by atoms with Crippen LogP contribution in [-0.4, -0.2) is 64.4 Å². The molecule has 2 aromatic rings. The minimum atomic E-state index is -0.00159. The first-order chi connectivity index (χ1) is 14.5. The number of nitrogens with one attached hydrogen (secondary N) is 1. The molecule has 156 valence electrons. The number of phenolic OH excluding ortho intramolecular Hbond substituents is 1. The summed E-state index contributed by atoms with van der Waals surface area (Å²) in [5.41, 5.74) is 6.40. The third-order valence-corrected chi connectivity index (χ3v) is 5.72. The SMILES string of the molecule is CC(=O)N1CC/C(=N/NC(=S)N2CCN(c3ccc(O)cc3)CC2)c2ncccc21. The molecule has 9 heteroatoms. The van der Waals surface area contributed by atoms with Gasteiger partial charge in [-0.05, 0) is 48.6 Å². The first kappa shape index (κ1) is 20.1. The van der Waals surface area contributed by atoms with Gasteiger partial charge in [-0.1, -0.05) is 0 Å². The number of amides is 1. The Balaban J connectivity index is 1.38. The first-order valence-corrected chi connectivity index (χ1v) is 10.3. The molecule has 1 amide bonds. The molecule has 0 saturated carbocycles. The highest BCUT2D eigenvalue weighted by Crippen LogP contribution is 2.25. The fraction of sp³-hybridized carbons (Fsp3) is 0.333. The Bertz CT molecular complexity index is 970. The number of fused-ring (bicyclic) bond motifs is 1. The maximum atomic E-state index is 11.9. The second-order valence-corrected chi connectivity index (χ2v) is 7.64. The topological polar surface area (TPSA) is 84.3 Å². The summed E-state index contributed by atoms with van der Waals surface area (Å²) in [6, 6.07) is 11.0. The number of piperazine rings is 1. The standard InChI is InChI=1S/C21H24N6O2S/c1-15(28)27-10-8-18(20-19(27)3-2-9-22-20)23-24-21(30)26-13-11-25(12-14-26)16-4-6-17(29)7-5-16/h2-7,9,29H,8,10-14H2,1H3,(H,24,30)/b23-18-. The molecule has 2 aliphatic rings. The number of benzene rings is 1. The molecule has 2 aliphatic heterocycles. The Labute approximate surface area is 180 Å². The number of aromatic hydroxyl groups is 1. The third kappa shape index (κ3) is 4.20. The van der Waals surface area contributed by atoms with Gasteiger partial charge in [-0.25, -0.2) is 0 Å². The Hall–Kier alpha value is -3.20. The summed E-state index contributed by atoms with van der Waals surface area (Å²) in [6.45, 7) is 5.37. The molecule has 30 heavy (non-hydrogen) atoms. The van der Waals surface area contributed by atoms with Gasteiger partial charge in [0.05, 0.1) is 11.4 Å². The van der Waals surface area contributed by atoms with Crippen LogP contribution in [0, 0.1) is 0 Å². The molecule has 0 bridgehead atoms. The van der Waals surface area contributed by atoms with Crippen molar-refractivity contribution in [2.45, 2.75) is 13.3 Å². The zero-order valence-electron chi connectivity index (χ0n) is 16.8. The molecule has 0 radical (unpaired) electrons. The Morgan fingerprint density at radius 2 is 1.87 bits per heavy atom. The van der Waals surface area contributed by atoms with Gasteiger partial charge in [0, 0.05) is 58.0 Å². The number of hydrogen-bond donors (Lipinski definition) is 2. The van der Waals surface area contributed by atoms with Crippen molar-refractivity contribution in [1.29, 1.82) is 0 Å². The molecule has 4 rings (SSSR count). The molecule has 0 unspecified atom stereocenters. The lowest BCUT2D eigenvalue weighted by atomic mass is 10.1. The predicted octanol–water partition coefficient (Wildman–Crippen LogP) is 1.94. The lowest BCUT2D eigenvalue weighted by molar-refractivity contribution is -0.116. The van der Waals surface area contributed by atoms with Crippen molar-refractivity contribution in [3.05, 3.63) is 48.3 Å². The fourth-order valence-electron chi connectivity index (χ4n) is 3.75. The van der Waals surface area contributed by atoms with Gasteiger partial charge in [0.15, 0.2) is 5.11 Å². The summed E-state index contributed by atoms with van der Waals surface area (Å²) in [5.74, 6) is 0.269. The molecule has 1 aromatic heterocycles. The monoisotopic (exact) mass is 424 g/mol. The average molecular weight is 425 g/mol. The zero-order chi connectivity index (χ0) is 21.1. The minimum absolute atomic E-state index is 0.00159. The largest absolute Gasteiger partial charge is 0.508 e. The highest BCUT2D eigenvalue weighted by Gasteiger charge is 2.25. The number of carbonyl (C=O) groups is 1. The van der Waals surface area contributed by atoms with Crippen molar-refractivity contribution in [2.24, 2.45) is 5.10 Å². The van der Waals surface area contributed by atoms with Gasteiger partial charge in [0.25, 0.3) is 0 Å². The molecule has 1 fully saturated rings. The maximum Gasteiger partial charge on any atom is 0.223 e.